The van der Waals surface area contributed by atoms with E-state index in [1.807, 2.05) is 42.8 Å². The van der Waals surface area contributed by atoms with Crippen LogP contribution < -0.4 is 10.6 Å². The third-order valence-corrected chi connectivity index (χ3v) is 7.75. The van der Waals surface area contributed by atoms with Crippen LogP contribution >= 0.6 is 34.4 Å². The van der Waals surface area contributed by atoms with Crippen molar-refractivity contribution in [3.8, 4) is 5.69 Å². The molecule has 3 heterocycles. The Morgan fingerprint density at radius 1 is 1.12 bits per heavy atom. The van der Waals surface area contributed by atoms with Gasteiger partial charge in [0, 0.05) is 11.4 Å². The van der Waals surface area contributed by atoms with Crippen molar-refractivity contribution in [1.82, 2.24) is 20.0 Å². The summed E-state index contributed by atoms with van der Waals surface area (Å²) in [5, 5.41) is 22.1. The zero-order chi connectivity index (χ0) is 22.5. The van der Waals surface area contributed by atoms with Gasteiger partial charge in [-0.25, -0.2) is 4.68 Å². The first kappa shape index (κ1) is 22.5. The lowest BCUT2D eigenvalue weighted by Crippen LogP contribution is -2.15. The fraction of sp³-hybridized carbons (Fsp3) is 0.273. The first-order chi connectivity index (χ1) is 15.5. The lowest BCUT2D eigenvalue weighted by atomic mass is 10.2. The number of hydrogen-bond acceptors (Lipinski definition) is 8. The monoisotopic (exact) mass is 484 g/mol. The molecule has 0 unspecified atom stereocenters. The van der Waals surface area contributed by atoms with Crippen LogP contribution in [0.25, 0.3) is 5.69 Å². The van der Waals surface area contributed by atoms with Crippen molar-refractivity contribution in [3.05, 3.63) is 63.6 Å². The van der Waals surface area contributed by atoms with Crippen molar-refractivity contribution >= 4 is 51.2 Å². The molecule has 3 aromatic heterocycles. The van der Waals surface area contributed by atoms with Gasteiger partial charge in [-0.2, -0.15) is 5.10 Å². The SMILES string of the molecule is Cc1ccc(-n2nc(C)c(NC(=O)CSc3nnc(NCCc4cccs4)s3)c2C)cc1. The predicted molar refractivity (Wildman–Crippen MR) is 134 cm³/mol. The number of thioether (sulfide) groups is 1. The molecule has 4 aromatic rings. The number of aromatic nitrogens is 4. The molecule has 0 aliphatic heterocycles. The molecule has 4 rings (SSSR count). The van der Waals surface area contributed by atoms with E-state index in [2.05, 4.69) is 50.4 Å². The van der Waals surface area contributed by atoms with E-state index in [1.54, 1.807) is 11.3 Å². The molecule has 0 spiro atoms. The number of anilines is 2. The average molecular weight is 485 g/mol. The van der Waals surface area contributed by atoms with Gasteiger partial charge in [-0.3, -0.25) is 4.79 Å². The van der Waals surface area contributed by atoms with E-state index >= 15 is 0 Å². The lowest BCUT2D eigenvalue weighted by Gasteiger charge is -2.07. The Bertz CT molecular complexity index is 1180. The van der Waals surface area contributed by atoms with Gasteiger partial charge in [0.25, 0.3) is 0 Å². The molecule has 32 heavy (non-hydrogen) atoms. The summed E-state index contributed by atoms with van der Waals surface area (Å²) in [6, 6.07) is 12.3. The van der Waals surface area contributed by atoms with E-state index in [-0.39, 0.29) is 11.7 Å². The maximum Gasteiger partial charge on any atom is 0.234 e. The molecule has 0 saturated heterocycles. The van der Waals surface area contributed by atoms with E-state index in [1.165, 1.54) is 33.5 Å². The van der Waals surface area contributed by atoms with Gasteiger partial charge in [-0.1, -0.05) is 46.9 Å². The van der Waals surface area contributed by atoms with Gasteiger partial charge < -0.3 is 10.6 Å². The van der Waals surface area contributed by atoms with Gasteiger partial charge in [-0.05, 0) is 50.8 Å². The maximum atomic E-state index is 12.6. The second-order valence-electron chi connectivity index (χ2n) is 7.26. The Hall–Kier alpha value is -2.69. The van der Waals surface area contributed by atoms with Crippen LogP contribution in [0.2, 0.25) is 0 Å². The van der Waals surface area contributed by atoms with E-state index in [0.717, 1.165) is 45.2 Å². The summed E-state index contributed by atoms with van der Waals surface area (Å²) in [5.41, 5.74) is 4.61. The lowest BCUT2D eigenvalue weighted by molar-refractivity contribution is -0.113. The molecular weight excluding hydrogens is 460 g/mol. The first-order valence-corrected chi connectivity index (χ1v) is 12.8. The van der Waals surface area contributed by atoms with Crippen molar-refractivity contribution in [1.29, 1.82) is 0 Å². The van der Waals surface area contributed by atoms with Crippen LogP contribution in [-0.4, -0.2) is 38.2 Å². The summed E-state index contributed by atoms with van der Waals surface area (Å²) in [6.45, 7) is 6.72. The number of carbonyl (C=O) groups is 1. The molecular formula is C22H24N6OS3. The van der Waals surface area contributed by atoms with Crippen molar-refractivity contribution in [2.75, 3.05) is 22.9 Å². The molecule has 166 valence electrons. The number of nitrogens with one attached hydrogen (secondary N) is 2. The predicted octanol–water partition coefficient (Wildman–Crippen LogP) is 5.10. The highest BCUT2D eigenvalue weighted by Crippen LogP contribution is 2.27. The Kier molecular flexibility index (Phi) is 7.23. The highest BCUT2D eigenvalue weighted by molar-refractivity contribution is 8.01. The zero-order valence-corrected chi connectivity index (χ0v) is 20.5. The molecule has 7 nitrogen and oxygen atoms in total. The van der Waals surface area contributed by atoms with Crippen LogP contribution in [0.1, 0.15) is 21.8 Å². The summed E-state index contributed by atoms with van der Waals surface area (Å²) in [7, 11) is 0. The average Bonchev–Trinajstić information content (AvgIpc) is 3.51. The number of amides is 1. The molecule has 10 heteroatoms. The number of hydrogen-bond donors (Lipinski definition) is 2. The maximum absolute atomic E-state index is 12.6. The second-order valence-corrected chi connectivity index (χ2v) is 10.5. The Labute approximate surface area is 199 Å². The van der Waals surface area contributed by atoms with Crippen molar-refractivity contribution in [3.63, 3.8) is 0 Å². The number of aryl methyl sites for hydroxylation is 2. The number of nitrogens with zero attached hydrogens (tertiary/aromatic N) is 4. The minimum Gasteiger partial charge on any atom is -0.360 e. The van der Waals surface area contributed by atoms with Gasteiger partial charge in [0.05, 0.1) is 28.5 Å². The summed E-state index contributed by atoms with van der Waals surface area (Å²) >= 11 is 4.60. The molecule has 0 atom stereocenters. The highest BCUT2D eigenvalue weighted by atomic mass is 32.2. The summed E-state index contributed by atoms with van der Waals surface area (Å²) < 4.78 is 2.62. The van der Waals surface area contributed by atoms with E-state index in [0.29, 0.717) is 0 Å². The summed E-state index contributed by atoms with van der Waals surface area (Å²) in [6.07, 6.45) is 0.955. The van der Waals surface area contributed by atoms with Crippen LogP contribution in [0.4, 0.5) is 10.8 Å². The third-order valence-electron chi connectivity index (χ3n) is 4.80. The summed E-state index contributed by atoms with van der Waals surface area (Å²) in [4.78, 5) is 13.9. The molecule has 0 bridgehead atoms. The van der Waals surface area contributed by atoms with Gasteiger partial charge in [0.2, 0.25) is 11.0 Å². The Morgan fingerprint density at radius 3 is 2.69 bits per heavy atom. The van der Waals surface area contributed by atoms with E-state index < -0.39 is 0 Å². The topological polar surface area (TPSA) is 84.7 Å². The smallest absolute Gasteiger partial charge is 0.234 e. The number of benzene rings is 1. The molecule has 2 N–H and O–H groups in total. The van der Waals surface area contributed by atoms with Gasteiger partial charge in [0.15, 0.2) is 4.34 Å². The van der Waals surface area contributed by atoms with Gasteiger partial charge in [-0.15, -0.1) is 21.5 Å². The van der Waals surface area contributed by atoms with Gasteiger partial charge in [0.1, 0.15) is 0 Å². The summed E-state index contributed by atoms with van der Waals surface area (Å²) in [5.74, 6) is 0.172. The van der Waals surface area contributed by atoms with Crippen LogP contribution in [-0.2, 0) is 11.2 Å². The second kappa shape index (κ2) is 10.3. The van der Waals surface area contributed by atoms with Crippen LogP contribution in [0.5, 0.6) is 0 Å². The first-order valence-electron chi connectivity index (χ1n) is 10.2. The van der Waals surface area contributed by atoms with Crippen molar-refractivity contribution in [2.24, 2.45) is 0 Å². The van der Waals surface area contributed by atoms with Gasteiger partial charge >= 0.3 is 0 Å². The standard InChI is InChI=1S/C22H24N6OS3/c1-14-6-8-17(9-7-14)28-16(3)20(15(2)27-28)24-19(29)13-31-22-26-25-21(32-22)23-11-10-18-5-4-12-30-18/h4-9,12H,10-11,13H2,1-3H3,(H,23,25)(H,24,29). The van der Waals surface area contributed by atoms with Crippen LogP contribution in [0, 0.1) is 20.8 Å². The molecule has 0 fully saturated rings. The molecule has 1 amide bonds. The fourth-order valence-electron chi connectivity index (χ4n) is 3.15. The zero-order valence-electron chi connectivity index (χ0n) is 18.1. The Balaban J connectivity index is 1.30. The molecule has 1 aromatic carbocycles. The highest BCUT2D eigenvalue weighted by Gasteiger charge is 2.16. The van der Waals surface area contributed by atoms with Crippen molar-refractivity contribution < 1.29 is 4.79 Å². The van der Waals surface area contributed by atoms with E-state index in [4.69, 9.17) is 0 Å². The Morgan fingerprint density at radius 2 is 1.94 bits per heavy atom. The minimum atomic E-state index is -0.0907. The normalized spacial score (nSPS) is 11.0. The molecule has 0 aliphatic carbocycles. The van der Waals surface area contributed by atoms with Crippen molar-refractivity contribution in [2.45, 2.75) is 31.5 Å². The molecule has 0 aliphatic rings. The fourth-order valence-corrected chi connectivity index (χ4v) is 5.44. The minimum absolute atomic E-state index is 0.0907. The number of rotatable bonds is 9. The number of carbonyl (C=O) groups excluding carboxylic acids is 1. The molecule has 0 saturated carbocycles. The van der Waals surface area contributed by atoms with Crippen LogP contribution in [0.15, 0.2) is 46.1 Å². The van der Waals surface area contributed by atoms with E-state index in [9.17, 15) is 4.79 Å². The quantitative estimate of drug-likeness (QED) is 0.322. The van der Waals surface area contributed by atoms with Crippen LogP contribution in [0.3, 0.4) is 0 Å². The number of thiophene rings is 1. The third kappa shape index (κ3) is 5.56. The molecule has 0 radical (unpaired) electrons. The largest absolute Gasteiger partial charge is 0.360 e.